The molecule has 1 amide bonds. The van der Waals surface area contributed by atoms with E-state index in [-0.39, 0.29) is 11.8 Å². The Morgan fingerprint density at radius 2 is 2.57 bits per heavy atom. The molecule has 0 bridgehead atoms. The summed E-state index contributed by atoms with van der Waals surface area (Å²) in [7, 11) is 0. The Kier molecular flexibility index (Phi) is 2.73. The van der Waals surface area contributed by atoms with Crippen molar-refractivity contribution < 1.29 is 9.32 Å². The summed E-state index contributed by atoms with van der Waals surface area (Å²) in [6.07, 6.45) is 1.94. The standard InChI is InChI=1S/C8H12N4O2/c13-8(6-3-9-4-6)10-2-1-7-11-5-12-14-7/h5-6,9H,1-4H2,(H,10,13). The van der Waals surface area contributed by atoms with Crippen LogP contribution in [0.15, 0.2) is 10.9 Å². The summed E-state index contributed by atoms with van der Waals surface area (Å²) in [6.45, 7) is 2.12. The SMILES string of the molecule is O=C(NCCc1ncno1)C1CNC1. The van der Waals surface area contributed by atoms with Crippen LogP contribution in [0.25, 0.3) is 0 Å². The quantitative estimate of drug-likeness (QED) is 0.642. The first-order valence-corrected chi connectivity index (χ1v) is 4.60. The van der Waals surface area contributed by atoms with E-state index in [1.54, 1.807) is 0 Å². The minimum atomic E-state index is 0.100. The van der Waals surface area contributed by atoms with Gasteiger partial charge in [-0.3, -0.25) is 4.79 Å². The van der Waals surface area contributed by atoms with Crippen LogP contribution in [0.2, 0.25) is 0 Å². The first-order valence-electron chi connectivity index (χ1n) is 4.60. The number of hydrogen-bond acceptors (Lipinski definition) is 5. The normalized spacial score (nSPS) is 16.3. The summed E-state index contributed by atoms with van der Waals surface area (Å²) in [5.74, 6) is 0.790. The van der Waals surface area contributed by atoms with Crippen molar-refractivity contribution in [1.29, 1.82) is 0 Å². The number of amides is 1. The lowest BCUT2D eigenvalue weighted by Gasteiger charge is -2.25. The van der Waals surface area contributed by atoms with Gasteiger partial charge in [-0.25, -0.2) is 0 Å². The van der Waals surface area contributed by atoms with E-state index < -0.39 is 0 Å². The molecule has 1 aliphatic heterocycles. The van der Waals surface area contributed by atoms with E-state index >= 15 is 0 Å². The van der Waals surface area contributed by atoms with Crippen LogP contribution < -0.4 is 10.6 Å². The lowest BCUT2D eigenvalue weighted by atomic mass is 10.0. The van der Waals surface area contributed by atoms with Gasteiger partial charge in [0.05, 0.1) is 5.92 Å². The molecule has 0 atom stereocenters. The zero-order valence-electron chi connectivity index (χ0n) is 7.69. The second kappa shape index (κ2) is 4.19. The zero-order valence-corrected chi connectivity index (χ0v) is 7.69. The van der Waals surface area contributed by atoms with E-state index in [4.69, 9.17) is 4.52 Å². The number of hydrogen-bond donors (Lipinski definition) is 2. The number of nitrogens with zero attached hydrogens (tertiary/aromatic N) is 2. The first kappa shape index (κ1) is 9.14. The van der Waals surface area contributed by atoms with Gasteiger partial charge < -0.3 is 15.2 Å². The smallest absolute Gasteiger partial charge is 0.228 e. The van der Waals surface area contributed by atoms with Crippen molar-refractivity contribution in [3.8, 4) is 0 Å². The van der Waals surface area contributed by atoms with Gasteiger partial charge in [0.15, 0.2) is 6.33 Å². The molecule has 6 nitrogen and oxygen atoms in total. The van der Waals surface area contributed by atoms with Crippen molar-refractivity contribution in [2.75, 3.05) is 19.6 Å². The van der Waals surface area contributed by atoms with E-state index in [0.29, 0.717) is 18.9 Å². The molecule has 0 saturated carbocycles. The maximum Gasteiger partial charge on any atom is 0.228 e. The molecule has 2 rings (SSSR count). The number of rotatable bonds is 4. The van der Waals surface area contributed by atoms with Gasteiger partial charge in [-0.2, -0.15) is 4.98 Å². The zero-order chi connectivity index (χ0) is 9.80. The summed E-state index contributed by atoms with van der Waals surface area (Å²) in [5, 5.41) is 9.33. The second-order valence-corrected chi connectivity index (χ2v) is 3.23. The molecule has 0 spiro atoms. The third-order valence-electron chi connectivity index (χ3n) is 2.20. The van der Waals surface area contributed by atoms with Crippen molar-refractivity contribution in [2.24, 2.45) is 5.92 Å². The maximum absolute atomic E-state index is 11.3. The van der Waals surface area contributed by atoms with E-state index in [1.165, 1.54) is 6.33 Å². The highest BCUT2D eigenvalue weighted by molar-refractivity contribution is 5.79. The molecule has 0 radical (unpaired) electrons. The Bertz CT molecular complexity index is 294. The average molecular weight is 196 g/mol. The van der Waals surface area contributed by atoms with Crippen LogP contribution in [-0.2, 0) is 11.2 Å². The van der Waals surface area contributed by atoms with Gasteiger partial charge in [0.25, 0.3) is 0 Å². The van der Waals surface area contributed by atoms with Crippen molar-refractivity contribution >= 4 is 5.91 Å². The van der Waals surface area contributed by atoms with E-state index in [0.717, 1.165) is 13.1 Å². The average Bonchev–Trinajstić information content (AvgIpc) is 2.53. The number of nitrogens with one attached hydrogen (secondary N) is 2. The topological polar surface area (TPSA) is 80.1 Å². The van der Waals surface area contributed by atoms with Crippen LogP contribution in [0.3, 0.4) is 0 Å². The Balaban J connectivity index is 1.65. The summed E-state index contributed by atoms with van der Waals surface area (Å²) in [4.78, 5) is 15.2. The van der Waals surface area contributed by atoms with Gasteiger partial charge in [-0.15, -0.1) is 0 Å². The minimum Gasteiger partial charge on any atom is -0.355 e. The summed E-state index contributed by atoms with van der Waals surface area (Å²) in [6, 6.07) is 0. The van der Waals surface area contributed by atoms with Crippen molar-refractivity contribution in [3.05, 3.63) is 12.2 Å². The maximum atomic E-state index is 11.3. The van der Waals surface area contributed by atoms with Crippen LogP contribution in [-0.4, -0.2) is 35.7 Å². The summed E-state index contributed by atoms with van der Waals surface area (Å²) < 4.78 is 4.79. The monoisotopic (exact) mass is 196 g/mol. The highest BCUT2D eigenvalue weighted by atomic mass is 16.5. The largest absolute Gasteiger partial charge is 0.355 e. The molecule has 6 heteroatoms. The number of carbonyl (C=O) groups is 1. The third kappa shape index (κ3) is 2.08. The fourth-order valence-corrected chi connectivity index (χ4v) is 1.22. The highest BCUT2D eigenvalue weighted by Crippen LogP contribution is 2.01. The molecule has 1 fully saturated rings. The van der Waals surface area contributed by atoms with Gasteiger partial charge in [0.1, 0.15) is 0 Å². The van der Waals surface area contributed by atoms with Crippen LogP contribution >= 0.6 is 0 Å². The fourth-order valence-electron chi connectivity index (χ4n) is 1.22. The molecular weight excluding hydrogens is 184 g/mol. The van der Waals surface area contributed by atoms with Gasteiger partial charge in [0.2, 0.25) is 11.8 Å². The third-order valence-corrected chi connectivity index (χ3v) is 2.20. The van der Waals surface area contributed by atoms with Crippen LogP contribution in [0.1, 0.15) is 5.89 Å². The molecule has 1 aromatic rings. The van der Waals surface area contributed by atoms with E-state index in [2.05, 4.69) is 20.8 Å². The van der Waals surface area contributed by atoms with Gasteiger partial charge in [-0.05, 0) is 0 Å². The molecule has 76 valence electrons. The molecule has 2 N–H and O–H groups in total. The van der Waals surface area contributed by atoms with Gasteiger partial charge >= 0.3 is 0 Å². The Labute approximate surface area is 81.1 Å². The van der Waals surface area contributed by atoms with Crippen LogP contribution in [0.5, 0.6) is 0 Å². The van der Waals surface area contributed by atoms with Crippen LogP contribution in [0, 0.1) is 5.92 Å². The van der Waals surface area contributed by atoms with Crippen molar-refractivity contribution in [1.82, 2.24) is 20.8 Å². The fraction of sp³-hybridized carbons (Fsp3) is 0.625. The number of carbonyl (C=O) groups excluding carboxylic acids is 1. The molecule has 0 aromatic carbocycles. The van der Waals surface area contributed by atoms with Crippen molar-refractivity contribution in [3.63, 3.8) is 0 Å². The lowest BCUT2D eigenvalue weighted by molar-refractivity contribution is -0.126. The van der Waals surface area contributed by atoms with Gasteiger partial charge in [-0.1, -0.05) is 5.16 Å². The first-order chi connectivity index (χ1) is 6.86. The Hall–Kier alpha value is -1.43. The predicted molar refractivity (Wildman–Crippen MR) is 47.4 cm³/mol. The molecule has 1 aliphatic rings. The van der Waals surface area contributed by atoms with Crippen molar-refractivity contribution in [2.45, 2.75) is 6.42 Å². The Morgan fingerprint density at radius 3 is 3.14 bits per heavy atom. The van der Waals surface area contributed by atoms with Gasteiger partial charge in [0, 0.05) is 26.1 Å². The molecule has 1 saturated heterocycles. The molecular formula is C8H12N4O2. The highest BCUT2D eigenvalue weighted by Gasteiger charge is 2.24. The molecule has 1 aromatic heterocycles. The van der Waals surface area contributed by atoms with E-state index in [1.807, 2.05) is 0 Å². The minimum absolute atomic E-state index is 0.100. The van der Waals surface area contributed by atoms with Crippen LogP contribution in [0.4, 0.5) is 0 Å². The second-order valence-electron chi connectivity index (χ2n) is 3.23. The Morgan fingerprint density at radius 1 is 1.71 bits per heavy atom. The summed E-state index contributed by atoms with van der Waals surface area (Å²) >= 11 is 0. The molecule has 0 unspecified atom stereocenters. The summed E-state index contributed by atoms with van der Waals surface area (Å²) in [5.41, 5.74) is 0. The number of aromatic nitrogens is 2. The molecule has 2 heterocycles. The molecule has 14 heavy (non-hydrogen) atoms. The lowest BCUT2D eigenvalue weighted by Crippen LogP contribution is -2.51. The predicted octanol–water partition coefficient (Wildman–Crippen LogP) is -1.05. The van der Waals surface area contributed by atoms with E-state index in [9.17, 15) is 4.79 Å². The molecule has 0 aliphatic carbocycles.